The smallest absolute Gasteiger partial charge is 0.251 e. The third-order valence-electron chi connectivity index (χ3n) is 3.97. The van der Waals surface area contributed by atoms with Crippen molar-refractivity contribution in [2.45, 2.75) is 11.8 Å². The second kappa shape index (κ2) is 4.66. The van der Waals surface area contributed by atoms with Gasteiger partial charge in [-0.25, -0.2) is 8.42 Å². The second-order valence-corrected chi connectivity index (χ2v) is 7.42. The molecule has 0 aliphatic carbocycles. The lowest BCUT2D eigenvalue weighted by molar-refractivity contribution is 0.588. The van der Waals surface area contributed by atoms with Gasteiger partial charge in [-0.2, -0.15) is 4.68 Å². The molecule has 0 atom stereocenters. The van der Waals surface area contributed by atoms with E-state index < -0.39 is 10.0 Å². The number of aromatic nitrogens is 3. The van der Waals surface area contributed by atoms with E-state index >= 15 is 0 Å². The minimum Gasteiger partial charge on any atom is -0.251 e. The van der Waals surface area contributed by atoms with E-state index in [0.29, 0.717) is 17.2 Å². The van der Waals surface area contributed by atoms with Crippen molar-refractivity contribution < 1.29 is 8.42 Å². The molecule has 3 aromatic rings. The number of fused-ring (bicyclic) bond motifs is 3. The van der Waals surface area contributed by atoms with Gasteiger partial charge in [0.15, 0.2) is 5.82 Å². The summed E-state index contributed by atoms with van der Waals surface area (Å²) < 4.78 is 28.5. The normalized spacial score (nSPS) is 15.1. The number of nitrogens with zero attached hydrogens (tertiary/aromatic N) is 4. The van der Waals surface area contributed by atoms with Gasteiger partial charge >= 0.3 is 0 Å². The minimum absolute atomic E-state index is 0.239. The highest BCUT2D eigenvalue weighted by Gasteiger charge is 2.36. The van der Waals surface area contributed by atoms with Gasteiger partial charge in [0, 0.05) is 12.6 Å². The first kappa shape index (κ1) is 14.0. The molecule has 116 valence electrons. The van der Waals surface area contributed by atoms with Crippen LogP contribution in [0.4, 0.5) is 5.82 Å². The lowest BCUT2D eigenvalue weighted by Crippen LogP contribution is -2.33. The predicted octanol–water partition coefficient (Wildman–Crippen LogP) is 2.38. The monoisotopic (exact) mass is 326 g/mol. The molecule has 1 aromatic heterocycles. The molecule has 23 heavy (non-hydrogen) atoms. The highest BCUT2D eigenvalue weighted by molar-refractivity contribution is 7.93. The summed E-state index contributed by atoms with van der Waals surface area (Å²) in [7, 11) is -2.09. The summed E-state index contributed by atoms with van der Waals surface area (Å²) in [5.74, 6) is 0.453. The van der Waals surface area contributed by atoms with Crippen LogP contribution in [0.25, 0.3) is 16.9 Å². The molecular formula is C16H14N4O2S. The summed E-state index contributed by atoms with van der Waals surface area (Å²) in [4.78, 5) is 0.239. The van der Waals surface area contributed by atoms with Crippen LogP contribution in [0.5, 0.6) is 0 Å². The molecule has 0 saturated carbocycles. The molecule has 4 rings (SSSR count). The average molecular weight is 326 g/mol. The van der Waals surface area contributed by atoms with Crippen molar-refractivity contribution in [2.75, 3.05) is 11.4 Å². The molecule has 1 aliphatic heterocycles. The van der Waals surface area contributed by atoms with Gasteiger partial charge in [-0.15, -0.1) is 5.10 Å². The molecule has 2 aromatic carbocycles. The van der Waals surface area contributed by atoms with Crippen molar-refractivity contribution in [2.24, 2.45) is 0 Å². The van der Waals surface area contributed by atoms with E-state index in [1.807, 2.05) is 43.3 Å². The fourth-order valence-corrected chi connectivity index (χ4v) is 4.11. The molecular weight excluding hydrogens is 312 g/mol. The van der Waals surface area contributed by atoms with E-state index in [1.54, 1.807) is 16.8 Å². The van der Waals surface area contributed by atoms with Crippen LogP contribution >= 0.6 is 0 Å². The fraction of sp³-hybridized carbons (Fsp3) is 0.125. The maximum Gasteiger partial charge on any atom is 0.267 e. The van der Waals surface area contributed by atoms with E-state index in [-0.39, 0.29) is 4.90 Å². The van der Waals surface area contributed by atoms with Crippen LogP contribution < -0.4 is 4.31 Å². The molecule has 0 amide bonds. The first-order valence-electron chi connectivity index (χ1n) is 7.11. The van der Waals surface area contributed by atoms with E-state index in [2.05, 4.69) is 10.3 Å². The van der Waals surface area contributed by atoms with Crippen molar-refractivity contribution in [3.05, 3.63) is 54.1 Å². The maximum atomic E-state index is 12.8. The molecule has 0 unspecified atom stereocenters. The summed E-state index contributed by atoms with van der Waals surface area (Å²) >= 11 is 0. The van der Waals surface area contributed by atoms with E-state index in [0.717, 1.165) is 11.1 Å². The number of benzene rings is 2. The van der Waals surface area contributed by atoms with Gasteiger partial charge in [0.25, 0.3) is 10.0 Å². The number of aryl methyl sites for hydroxylation is 1. The van der Waals surface area contributed by atoms with Crippen molar-refractivity contribution >= 4 is 15.8 Å². The minimum atomic E-state index is -3.62. The van der Waals surface area contributed by atoms with Crippen molar-refractivity contribution in [3.63, 3.8) is 0 Å². The molecule has 0 saturated heterocycles. The Bertz CT molecular complexity index is 1010. The van der Waals surface area contributed by atoms with Crippen LogP contribution in [0.15, 0.2) is 53.4 Å². The Hall–Kier alpha value is -2.67. The first-order chi connectivity index (χ1) is 11.0. The van der Waals surface area contributed by atoms with Gasteiger partial charge in [-0.1, -0.05) is 41.6 Å². The van der Waals surface area contributed by atoms with Gasteiger partial charge in [-0.05, 0) is 24.6 Å². The predicted molar refractivity (Wildman–Crippen MR) is 87.1 cm³/mol. The summed E-state index contributed by atoms with van der Waals surface area (Å²) in [6.07, 6.45) is 0. The maximum absolute atomic E-state index is 12.8. The molecule has 0 spiro atoms. The van der Waals surface area contributed by atoms with Gasteiger partial charge in [0.2, 0.25) is 0 Å². The van der Waals surface area contributed by atoms with Crippen molar-refractivity contribution in [3.8, 4) is 16.9 Å². The van der Waals surface area contributed by atoms with E-state index in [9.17, 15) is 8.42 Å². The highest BCUT2D eigenvalue weighted by atomic mass is 32.2. The molecule has 6 nitrogen and oxygen atoms in total. The zero-order valence-electron chi connectivity index (χ0n) is 12.6. The zero-order chi connectivity index (χ0) is 16.2. The van der Waals surface area contributed by atoms with Crippen LogP contribution in [0.2, 0.25) is 0 Å². The Balaban J connectivity index is 2.06. The Labute approximate surface area is 134 Å². The molecule has 0 radical (unpaired) electrons. The summed E-state index contributed by atoms with van der Waals surface area (Å²) in [5.41, 5.74) is 2.87. The Kier molecular flexibility index (Phi) is 2.83. The summed E-state index contributed by atoms with van der Waals surface area (Å²) in [6, 6.07) is 14.7. The topological polar surface area (TPSA) is 68.1 Å². The van der Waals surface area contributed by atoms with Gasteiger partial charge in [0.1, 0.15) is 10.6 Å². The van der Waals surface area contributed by atoms with Crippen LogP contribution in [-0.2, 0) is 10.0 Å². The Morgan fingerprint density at radius 2 is 1.78 bits per heavy atom. The number of sulfonamides is 1. The SMILES string of the molecule is Cc1ccc2c(c1)-n1nnc(-c3ccccc3)c1N(C)S2(=O)=O. The fourth-order valence-electron chi connectivity index (χ4n) is 2.78. The van der Waals surface area contributed by atoms with Crippen molar-refractivity contribution in [1.29, 1.82) is 0 Å². The number of hydrogen-bond acceptors (Lipinski definition) is 4. The molecule has 2 heterocycles. The van der Waals surface area contributed by atoms with E-state index in [1.165, 1.54) is 11.4 Å². The van der Waals surface area contributed by atoms with Crippen molar-refractivity contribution in [1.82, 2.24) is 15.0 Å². The summed E-state index contributed by atoms with van der Waals surface area (Å²) in [6.45, 7) is 1.92. The van der Waals surface area contributed by atoms with Crippen LogP contribution in [0.1, 0.15) is 5.56 Å². The first-order valence-corrected chi connectivity index (χ1v) is 8.55. The number of anilines is 1. The highest BCUT2D eigenvalue weighted by Crippen LogP contribution is 2.39. The summed E-state index contributed by atoms with van der Waals surface area (Å²) in [5, 5.41) is 8.41. The zero-order valence-corrected chi connectivity index (χ0v) is 13.4. The molecule has 1 aliphatic rings. The standard InChI is InChI=1S/C16H14N4O2S/c1-11-8-9-14-13(10-11)20-16(19(2)23(14,21)22)15(17-18-20)12-6-4-3-5-7-12/h3-10H,1-2H3. The van der Waals surface area contributed by atoms with Gasteiger partial charge in [0.05, 0.1) is 5.69 Å². The average Bonchev–Trinajstić information content (AvgIpc) is 2.98. The number of hydrogen-bond donors (Lipinski definition) is 0. The quantitative estimate of drug-likeness (QED) is 0.688. The Morgan fingerprint density at radius 3 is 2.52 bits per heavy atom. The largest absolute Gasteiger partial charge is 0.267 e. The van der Waals surface area contributed by atoms with E-state index in [4.69, 9.17) is 0 Å². The molecule has 0 fully saturated rings. The molecule has 7 heteroatoms. The second-order valence-electron chi connectivity index (χ2n) is 5.48. The Morgan fingerprint density at radius 1 is 1.04 bits per heavy atom. The number of rotatable bonds is 1. The van der Waals surface area contributed by atoms with Gasteiger partial charge < -0.3 is 0 Å². The third kappa shape index (κ3) is 1.90. The third-order valence-corrected chi connectivity index (χ3v) is 5.77. The van der Waals surface area contributed by atoms with Crippen LogP contribution in [-0.4, -0.2) is 30.5 Å². The van der Waals surface area contributed by atoms with Crippen LogP contribution in [0.3, 0.4) is 0 Å². The molecule has 0 N–H and O–H groups in total. The lowest BCUT2D eigenvalue weighted by Gasteiger charge is -2.27. The molecule has 0 bridgehead atoms. The lowest BCUT2D eigenvalue weighted by atomic mass is 10.1. The van der Waals surface area contributed by atoms with Gasteiger partial charge in [-0.3, -0.25) is 4.31 Å². The van der Waals surface area contributed by atoms with Crippen LogP contribution in [0, 0.1) is 6.92 Å².